The van der Waals surface area contributed by atoms with Crippen LogP contribution in [0.25, 0.3) is 0 Å². The molecule has 2 aromatic rings. The Balaban J connectivity index is 1.26. The van der Waals surface area contributed by atoms with Crippen LogP contribution in [-0.4, -0.2) is 31.1 Å². The van der Waals surface area contributed by atoms with Crippen LogP contribution in [0.5, 0.6) is 11.5 Å². The van der Waals surface area contributed by atoms with Gasteiger partial charge in [-0.25, -0.2) is 0 Å². The van der Waals surface area contributed by atoms with Gasteiger partial charge < -0.3 is 25.0 Å². The Morgan fingerprint density at radius 1 is 0.968 bits per heavy atom. The van der Waals surface area contributed by atoms with Gasteiger partial charge in [0, 0.05) is 42.0 Å². The molecule has 2 aromatic carbocycles. The highest BCUT2D eigenvalue weighted by Gasteiger charge is 2.36. The first-order chi connectivity index (χ1) is 15.0. The third-order valence-electron chi connectivity index (χ3n) is 5.87. The molecule has 1 saturated carbocycles. The van der Waals surface area contributed by atoms with Crippen molar-refractivity contribution < 1.29 is 23.9 Å². The topological polar surface area (TPSA) is 97.0 Å². The zero-order valence-electron chi connectivity index (χ0n) is 17.1. The van der Waals surface area contributed by atoms with E-state index >= 15 is 0 Å². The Labute approximate surface area is 179 Å². The number of hydrogen-bond acceptors (Lipinski definition) is 5. The van der Waals surface area contributed by atoms with Gasteiger partial charge in [0.05, 0.1) is 5.92 Å². The smallest absolute Gasteiger partial charge is 0.231 e. The summed E-state index contributed by atoms with van der Waals surface area (Å²) in [5.74, 6) is 0.564. The molecule has 0 spiro atoms. The first-order valence-electron chi connectivity index (χ1n) is 10.4. The maximum Gasteiger partial charge on any atom is 0.231 e. The largest absolute Gasteiger partial charge is 0.454 e. The number of aryl methyl sites for hydroxylation is 1. The molecule has 8 nitrogen and oxygen atoms in total. The standard InChI is InChI=1S/C23H23N3O5/c1-13-2-5-16(24-22(28)14-3-4-14)9-18(13)25-23(29)15-8-21(27)26(11-15)17-6-7-19-20(10-17)31-12-30-19/h2,5-7,9-10,14-15H,3-4,8,11-12H2,1H3,(H,24,28)(H,25,29). The Hall–Kier alpha value is -3.55. The lowest BCUT2D eigenvalue weighted by molar-refractivity contribution is -0.122. The zero-order valence-corrected chi connectivity index (χ0v) is 17.1. The van der Waals surface area contributed by atoms with E-state index in [1.807, 2.05) is 19.1 Å². The molecular weight excluding hydrogens is 398 g/mol. The van der Waals surface area contributed by atoms with Crippen LogP contribution in [-0.2, 0) is 14.4 Å². The molecule has 2 aliphatic heterocycles. The van der Waals surface area contributed by atoms with Gasteiger partial charge in [-0.2, -0.15) is 0 Å². The molecule has 2 fully saturated rings. The van der Waals surface area contributed by atoms with Gasteiger partial charge in [0.25, 0.3) is 0 Å². The van der Waals surface area contributed by atoms with Crippen molar-refractivity contribution in [3.05, 3.63) is 42.0 Å². The second kappa shape index (κ2) is 7.61. The van der Waals surface area contributed by atoms with Gasteiger partial charge >= 0.3 is 0 Å². The summed E-state index contributed by atoms with van der Waals surface area (Å²) in [7, 11) is 0. The van der Waals surface area contributed by atoms with Crippen LogP contribution < -0.4 is 25.0 Å². The molecule has 2 heterocycles. The van der Waals surface area contributed by atoms with E-state index < -0.39 is 5.92 Å². The molecular formula is C23H23N3O5. The van der Waals surface area contributed by atoms with Gasteiger partial charge in [-0.05, 0) is 49.6 Å². The van der Waals surface area contributed by atoms with Crippen molar-refractivity contribution in [2.75, 3.05) is 28.9 Å². The fourth-order valence-corrected chi connectivity index (χ4v) is 3.84. The second-order valence-electron chi connectivity index (χ2n) is 8.23. The number of carbonyl (C=O) groups is 3. The van der Waals surface area contributed by atoms with Crippen LogP contribution in [0.15, 0.2) is 36.4 Å². The van der Waals surface area contributed by atoms with E-state index in [0.29, 0.717) is 35.1 Å². The summed E-state index contributed by atoms with van der Waals surface area (Å²) in [4.78, 5) is 39.1. The Bertz CT molecular complexity index is 1080. The Morgan fingerprint density at radius 2 is 1.74 bits per heavy atom. The van der Waals surface area contributed by atoms with Crippen molar-refractivity contribution in [3.63, 3.8) is 0 Å². The normalized spacial score (nSPS) is 19.5. The van der Waals surface area contributed by atoms with Gasteiger partial charge in [0.2, 0.25) is 24.5 Å². The van der Waals surface area contributed by atoms with Crippen LogP contribution in [0.4, 0.5) is 17.1 Å². The molecule has 1 atom stereocenters. The highest BCUT2D eigenvalue weighted by molar-refractivity contribution is 6.04. The van der Waals surface area contributed by atoms with Crippen molar-refractivity contribution in [3.8, 4) is 11.5 Å². The SMILES string of the molecule is Cc1ccc(NC(=O)C2CC2)cc1NC(=O)C1CC(=O)N(c2ccc3c(c2)OCO3)C1. The molecule has 5 rings (SSSR count). The molecule has 1 unspecified atom stereocenters. The number of nitrogens with zero attached hydrogens (tertiary/aromatic N) is 1. The van der Waals surface area contributed by atoms with Crippen molar-refractivity contribution in [1.29, 1.82) is 0 Å². The number of benzene rings is 2. The number of hydrogen-bond donors (Lipinski definition) is 2. The number of amides is 3. The van der Waals surface area contributed by atoms with Crippen LogP contribution in [0.2, 0.25) is 0 Å². The van der Waals surface area contributed by atoms with E-state index in [0.717, 1.165) is 18.4 Å². The zero-order chi connectivity index (χ0) is 21.5. The number of anilines is 3. The molecule has 0 radical (unpaired) electrons. The highest BCUT2D eigenvalue weighted by Crippen LogP contribution is 2.37. The molecule has 3 amide bonds. The minimum absolute atomic E-state index is 0.0156. The fourth-order valence-electron chi connectivity index (χ4n) is 3.84. The number of carbonyl (C=O) groups excluding carboxylic acids is 3. The molecule has 0 bridgehead atoms. The maximum atomic E-state index is 12.9. The molecule has 8 heteroatoms. The third-order valence-corrected chi connectivity index (χ3v) is 5.87. The van der Waals surface area contributed by atoms with Gasteiger partial charge in [0.15, 0.2) is 11.5 Å². The van der Waals surface area contributed by atoms with Crippen LogP contribution in [0.1, 0.15) is 24.8 Å². The quantitative estimate of drug-likeness (QED) is 0.773. The van der Waals surface area contributed by atoms with Crippen LogP contribution >= 0.6 is 0 Å². The molecule has 1 saturated heterocycles. The summed E-state index contributed by atoms with van der Waals surface area (Å²) in [6.07, 6.45) is 1.99. The predicted molar refractivity (Wildman–Crippen MR) is 114 cm³/mol. The molecule has 0 aromatic heterocycles. The van der Waals surface area contributed by atoms with Crippen molar-refractivity contribution in [1.82, 2.24) is 0 Å². The monoisotopic (exact) mass is 421 g/mol. The number of ether oxygens (including phenoxy) is 2. The molecule has 3 aliphatic rings. The number of rotatable bonds is 5. The van der Waals surface area contributed by atoms with Gasteiger partial charge in [-0.15, -0.1) is 0 Å². The highest BCUT2D eigenvalue weighted by atomic mass is 16.7. The first-order valence-corrected chi connectivity index (χ1v) is 10.4. The maximum absolute atomic E-state index is 12.9. The van der Waals surface area contributed by atoms with E-state index in [1.165, 1.54) is 0 Å². The van der Waals surface area contributed by atoms with E-state index in [9.17, 15) is 14.4 Å². The predicted octanol–water partition coefficient (Wildman–Crippen LogP) is 3.06. The average molecular weight is 421 g/mol. The lowest BCUT2D eigenvalue weighted by Crippen LogP contribution is -2.28. The fraction of sp³-hybridized carbons (Fsp3) is 0.348. The minimum atomic E-state index is -0.470. The van der Waals surface area contributed by atoms with Crippen molar-refractivity contribution >= 4 is 34.8 Å². The summed E-state index contributed by atoms with van der Waals surface area (Å²) >= 11 is 0. The second-order valence-corrected chi connectivity index (χ2v) is 8.23. The van der Waals surface area contributed by atoms with Gasteiger partial charge in [0.1, 0.15) is 0 Å². The first kappa shape index (κ1) is 19.4. The van der Waals surface area contributed by atoms with E-state index in [4.69, 9.17) is 9.47 Å². The Morgan fingerprint density at radius 3 is 2.55 bits per heavy atom. The minimum Gasteiger partial charge on any atom is -0.454 e. The molecule has 160 valence electrons. The summed E-state index contributed by atoms with van der Waals surface area (Å²) in [6.45, 7) is 2.35. The van der Waals surface area contributed by atoms with Crippen molar-refractivity contribution in [2.45, 2.75) is 26.2 Å². The lowest BCUT2D eigenvalue weighted by Gasteiger charge is -2.17. The summed E-state index contributed by atoms with van der Waals surface area (Å²) in [5, 5.41) is 5.83. The summed E-state index contributed by atoms with van der Waals surface area (Å²) in [5.41, 5.74) is 2.86. The van der Waals surface area contributed by atoms with Crippen molar-refractivity contribution in [2.24, 2.45) is 11.8 Å². The summed E-state index contributed by atoms with van der Waals surface area (Å²) < 4.78 is 10.7. The lowest BCUT2D eigenvalue weighted by atomic mass is 10.1. The van der Waals surface area contributed by atoms with E-state index in [1.54, 1.807) is 29.2 Å². The summed E-state index contributed by atoms with van der Waals surface area (Å²) in [6, 6.07) is 10.8. The molecule has 2 N–H and O–H groups in total. The van der Waals surface area contributed by atoms with E-state index in [-0.39, 0.29) is 36.9 Å². The Kier molecular flexibility index (Phi) is 4.77. The van der Waals surface area contributed by atoms with Gasteiger partial charge in [-0.3, -0.25) is 14.4 Å². The average Bonchev–Trinajstić information content (AvgIpc) is 3.38. The number of nitrogens with one attached hydrogen (secondary N) is 2. The molecule has 31 heavy (non-hydrogen) atoms. The number of fused-ring (bicyclic) bond motifs is 1. The van der Waals surface area contributed by atoms with E-state index in [2.05, 4.69) is 10.6 Å². The van der Waals surface area contributed by atoms with Crippen LogP contribution in [0.3, 0.4) is 0 Å². The van der Waals surface area contributed by atoms with Crippen LogP contribution in [0, 0.1) is 18.8 Å². The van der Waals surface area contributed by atoms with Gasteiger partial charge in [-0.1, -0.05) is 6.07 Å². The molecule has 1 aliphatic carbocycles. The third kappa shape index (κ3) is 3.93.